The number of nitrogens with zero attached hydrogens (tertiary/aromatic N) is 1. The average Bonchev–Trinajstić information content (AvgIpc) is 2.91. The van der Waals surface area contributed by atoms with E-state index in [1.54, 1.807) is 11.3 Å². The SMILES string of the molecule is O=C(O)c1ccc(NCCc2cccs2)cc1[N+](=O)[O-]. The van der Waals surface area contributed by atoms with Crippen molar-refractivity contribution in [2.24, 2.45) is 0 Å². The van der Waals surface area contributed by atoms with Crippen molar-refractivity contribution >= 4 is 28.7 Å². The van der Waals surface area contributed by atoms with Crippen molar-refractivity contribution in [2.45, 2.75) is 6.42 Å². The van der Waals surface area contributed by atoms with Crippen molar-refractivity contribution in [3.63, 3.8) is 0 Å². The minimum atomic E-state index is -1.30. The standard InChI is InChI=1S/C13H12N2O4S/c16-13(17)11-4-3-9(8-12(11)15(18)19)14-6-5-10-2-1-7-20-10/h1-4,7-8,14H,5-6H2,(H,16,17). The molecular formula is C13H12N2O4S. The number of hydrogen-bond acceptors (Lipinski definition) is 5. The van der Waals surface area contributed by atoms with Crippen LogP contribution in [0.4, 0.5) is 11.4 Å². The molecule has 0 bridgehead atoms. The van der Waals surface area contributed by atoms with E-state index >= 15 is 0 Å². The van der Waals surface area contributed by atoms with Gasteiger partial charge in [-0.05, 0) is 30.0 Å². The van der Waals surface area contributed by atoms with Crippen LogP contribution in [0.3, 0.4) is 0 Å². The first-order valence-electron chi connectivity index (χ1n) is 5.86. The molecule has 20 heavy (non-hydrogen) atoms. The number of nitrogens with one attached hydrogen (secondary N) is 1. The molecule has 0 saturated carbocycles. The highest BCUT2D eigenvalue weighted by Crippen LogP contribution is 2.23. The maximum absolute atomic E-state index is 10.9. The molecule has 2 N–H and O–H groups in total. The van der Waals surface area contributed by atoms with Crippen molar-refractivity contribution in [1.29, 1.82) is 0 Å². The van der Waals surface area contributed by atoms with E-state index < -0.39 is 16.6 Å². The van der Waals surface area contributed by atoms with E-state index in [1.807, 2.05) is 17.5 Å². The highest BCUT2D eigenvalue weighted by atomic mass is 32.1. The molecule has 2 aromatic rings. The monoisotopic (exact) mass is 292 g/mol. The molecule has 0 spiro atoms. The molecule has 0 saturated heterocycles. The Bertz CT molecular complexity index is 625. The van der Waals surface area contributed by atoms with Gasteiger partial charge < -0.3 is 10.4 Å². The first-order valence-corrected chi connectivity index (χ1v) is 6.74. The van der Waals surface area contributed by atoms with Gasteiger partial charge in [0.1, 0.15) is 5.56 Å². The van der Waals surface area contributed by atoms with Gasteiger partial charge in [-0.25, -0.2) is 4.79 Å². The number of benzene rings is 1. The minimum absolute atomic E-state index is 0.307. The molecule has 1 aromatic heterocycles. The first kappa shape index (κ1) is 14.0. The van der Waals surface area contributed by atoms with Crippen molar-refractivity contribution in [3.05, 3.63) is 56.3 Å². The molecular weight excluding hydrogens is 280 g/mol. The largest absolute Gasteiger partial charge is 0.477 e. The van der Waals surface area contributed by atoms with E-state index in [-0.39, 0.29) is 5.56 Å². The molecule has 0 atom stereocenters. The highest BCUT2D eigenvalue weighted by Gasteiger charge is 2.19. The van der Waals surface area contributed by atoms with Gasteiger partial charge in [-0.1, -0.05) is 6.07 Å². The molecule has 6 nitrogen and oxygen atoms in total. The van der Waals surface area contributed by atoms with Crippen LogP contribution in [0.5, 0.6) is 0 Å². The fraction of sp³-hybridized carbons (Fsp3) is 0.154. The Morgan fingerprint density at radius 2 is 2.20 bits per heavy atom. The molecule has 0 aliphatic rings. The first-order chi connectivity index (χ1) is 9.58. The Kier molecular flexibility index (Phi) is 4.31. The number of rotatable bonds is 6. The summed E-state index contributed by atoms with van der Waals surface area (Å²) < 4.78 is 0. The summed E-state index contributed by atoms with van der Waals surface area (Å²) in [5.74, 6) is -1.30. The second-order valence-electron chi connectivity index (χ2n) is 4.05. The maximum atomic E-state index is 10.9. The second-order valence-corrected chi connectivity index (χ2v) is 5.08. The third-order valence-electron chi connectivity index (χ3n) is 2.71. The summed E-state index contributed by atoms with van der Waals surface area (Å²) in [6, 6.07) is 8.01. The van der Waals surface area contributed by atoms with Crippen LogP contribution >= 0.6 is 11.3 Å². The van der Waals surface area contributed by atoms with Crippen molar-refractivity contribution in [2.75, 3.05) is 11.9 Å². The summed E-state index contributed by atoms with van der Waals surface area (Å²) >= 11 is 1.65. The number of nitro benzene ring substituents is 1. The van der Waals surface area contributed by atoms with E-state index in [0.717, 1.165) is 6.42 Å². The molecule has 0 aliphatic carbocycles. The number of aromatic carboxylic acids is 1. The van der Waals surface area contributed by atoms with E-state index in [4.69, 9.17) is 5.11 Å². The zero-order valence-electron chi connectivity index (χ0n) is 10.4. The number of carboxylic acids is 1. The molecule has 1 heterocycles. The van der Waals surface area contributed by atoms with Crippen molar-refractivity contribution < 1.29 is 14.8 Å². The van der Waals surface area contributed by atoms with Crippen LogP contribution in [0.2, 0.25) is 0 Å². The van der Waals surface area contributed by atoms with Crippen LogP contribution in [0, 0.1) is 10.1 Å². The molecule has 0 radical (unpaired) electrons. The molecule has 0 aliphatic heterocycles. The molecule has 1 aromatic carbocycles. The smallest absolute Gasteiger partial charge is 0.342 e. The highest BCUT2D eigenvalue weighted by molar-refractivity contribution is 7.09. The molecule has 0 unspecified atom stereocenters. The average molecular weight is 292 g/mol. The lowest BCUT2D eigenvalue weighted by atomic mass is 10.1. The quantitative estimate of drug-likeness (QED) is 0.630. The van der Waals surface area contributed by atoms with E-state index in [9.17, 15) is 14.9 Å². The Balaban J connectivity index is 2.07. The number of thiophene rings is 1. The predicted octanol–water partition coefficient (Wildman–Crippen LogP) is 3.01. The zero-order chi connectivity index (χ0) is 14.5. The Morgan fingerprint density at radius 3 is 2.80 bits per heavy atom. The van der Waals surface area contributed by atoms with Gasteiger partial charge in [0.05, 0.1) is 4.92 Å². The van der Waals surface area contributed by atoms with E-state index in [1.165, 1.54) is 23.1 Å². The number of carbonyl (C=O) groups is 1. The third-order valence-corrected chi connectivity index (χ3v) is 3.64. The normalized spacial score (nSPS) is 10.2. The minimum Gasteiger partial charge on any atom is -0.477 e. The Morgan fingerprint density at radius 1 is 1.40 bits per heavy atom. The van der Waals surface area contributed by atoms with Gasteiger partial charge in [0, 0.05) is 23.2 Å². The molecule has 7 heteroatoms. The maximum Gasteiger partial charge on any atom is 0.342 e. The lowest BCUT2D eigenvalue weighted by Gasteiger charge is -2.06. The van der Waals surface area contributed by atoms with Crippen LogP contribution in [0.15, 0.2) is 35.7 Å². The molecule has 0 amide bonds. The van der Waals surface area contributed by atoms with E-state index in [2.05, 4.69) is 5.32 Å². The topological polar surface area (TPSA) is 92.5 Å². The van der Waals surface area contributed by atoms with Gasteiger partial charge in [-0.3, -0.25) is 10.1 Å². The summed E-state index contributed by atoms with van der Waals surface area (Å²) in [7, 11) is 0. The van der Waals surface area contributed by atoms with Crippen LogP contribution < -0.4 is 5.32 Å². The summed E-state index contributed by atoms with van der Waals surface area (Å²) in [6.45, 7) is 0.629. The number of carboxylic acid groups (broad SMARTS) is 1. The van der Waals surface area contributed by atoms with Crippen LogP contribution in [0.25, 0.3) is 0 Å². The lowest BCUT2D eigenvalue weighted by Crippen LogP contribution is -2.07. The number of anilines is 1. The lowest BCUT2D eigenvalue weighted by molar-refractivity contribution is -0.385. The van der Waals surface area contributed by atoms with Gasteiger partial charge in [0.2, 0.25) is 0 Å². The van der Waals surface area contributed by atoms with Gasteiger partial charge in [0.25, 0.3) is 5.69 Å². The third kappa shape index (κ3) is 3.33. The zero-order valence-corrected chi connectivity index (χ0v) is 11.2. The van der Waals surface area contributed by atoms with Gasteiger partial charge in [-0.15, -0.1) is 11.3 Å². The van der Waals surface area contributed by atoms with E-state index in [0.29, 0.717) is 12.2 Å². The second kappa shape index (κ2) is 6.16. The summed E-state index contributed by atoms with van der Waals surface area (Å²) in [5, 5.41) is 24.8. The number of nitro groups is 1. The fourth-order valence-corrected chi connectivity index (χ4v) is 2.47. The van der Waals surface area contributed by atoms with Crippen LogP contribution in [-0.4, -0.2) is 22.5 Å². The van der Waals surface area contributed by atoms with Crippen molar-refractivity contribution in [1.82, 2.24) is 0 Å². The summed E-state index contributed by atoms with van der Waals surface area (Å²) in [6.07, 6.45) is 0.812. The van der Waals surface area contributed by atoms with Gasteiger partial charge >= 0.3 is 5.97 Å². The molecule has 2 rings (SSSR count). The van der Waals surface area contributed by atoms with Crippen molar-refractivity contribution in [3.8, 4) is 0 Å². The molecule has 0 fully saturated rings. The fourth-order valence-electron chi connectivity index (χ4n) is 1.76. The molecule has 104 valence electrons. The summed E-state index contributed by atoms with van der Waals surface area (Å²) in [5.41, 5.74) is -0.171. The number of hydrogen-bond donors (Lipinski definition) is 2. The Hall–Kier alpha value is -2.41. The predicted molar refractivity (Wildman–Crippen MR) is 76.6 cm³/mol. The van der Waals surface area contributed by atoms with Gasteiger partial charge in [-0.2, -0.15) is 0 Å². The Labute approximate surface area is 118 Å². The van der Waals surface area contributed by atoms with Gasteiger partial charge in [0.15, 0.2) is 0 Å². The van der Waals surface area contributed by atoms with Crippen LogP contribution in [-0.2, 0) is 6.42 Å². The summed E-state index contributed by atoms with van der Waals surface area (Å²) in [4.78, 5) is 22.3. The van der Waals surface area contributed by atoms with Crippen LogP contribution in [0.1, 0.15) is 15.2 Å².